The van der Waals surface area contributed by atoms with E-state index in [0.29, 0.717) is 6.41 Å². The van der Waals surface area contributed by atoms with E-state index in [9.17, 15) is 9.59 Å². The third kappa shape index (κ3) is 3.66. The SMILES string of the molecule is Cc1cc(Br)cc(C(CC(=O)O)NC=O)c1. The summed E-state index contributed by atoms with van der Waals surface area (Å²) in [6.45, 7) is 1.91. The van der Waals surface area contributed by atoms with E-state index in [1.807, 2.05) is 19.1 Å². The van der Waals surface area contributed by atoms with Gasteiger partial charge in [0.05, 0.1) is 12.5 Å². The molecule has 0 radical (unpaired) electrons. The van der Waals surface area contributed by atoms with Crippen LogP contribution in [0.3, 0.4) is 0 Å². The Morgan fingerprint density at radius 1 is 1.56 bits per heavy atom. The summed E-state index contributed by atoms with van der Waals surface area (Å²) in [4.78, 5) is 21.1. The second kappa shape index (κ2) is 5.65. The fraction of sp³-hybridized carbons (Fsp3) is 0.273. The van der Waals surface area contributed by atoms with Gasteiger partial charge in [0, 0.05) is 4.47 Å². The number of carboxylic acid groups (broad SMARTS) is 1. The Morgan fingerprint density at radius 2 is 2.25 bits per heavy atom. The lowest BCUT2D eigenvalue weighted by atomic mass is 10.0. The number of halogens is 1. The Balaban J connectivity index is 2.99. The van der Waals surface area contributed by atoms with Crippen LogP contribution in [0.5, 0.6) is 0 Å². The molecule has 1 unspecified atom stereocenters. The van der Waals surface area contributed by atoms with E-state index >= 15 is 0 Å². The van der Waals surface area contributed by atoms with Gasteiger partial charge < -0.3 is 10.4 Å². The second-order valence-corrected chi connectivity index (χ2v) is 4.41. The van der Waals surface area contributed by atoms with Gasteiger partial charge in [-0.15, -0.1) is 0 Å². The smallest absolute Gasteiger partial charge is 0.305 e. The van der Waals surface area contributed by atoms with Gasteiger partial charge in [0.1, 0.15) is 0 Å². The lowest BCUT2D eigenvalue weighted by molar-refractivity contribution is -0.137. The average Bonchev–Trinajstić information content (AvgIpc) is 2.14. The number of carboxylic acids is 1. The molecule has 1 aromatic carbocycles. The maximum Gasteiger partial charge on any atom is 0.305 e. The van der Waals surface area contributed by atoms with E-state index in [2.05, 4.69) is 21.2 Å². The third-order valence-electron chi connectivity index (χ3n) is 2.11. The molecular formula is C11H12BrNO3. The number of hydrogen-bond donors (Lipinski definition) is 2. The quantitative estimate of drug-likeness (QED) is 0.814. The van der Waals surface area contributed by atoms with E-state index < -0.39 is 12.0 Å². The molecule has 0 saturated heterocycles. The van der Waals surface area contributed by atoms with Gasteiger partial charge >= 0.3 is 5.97 Å². The zero-order valence-electron chi connectivity index (χ0n) is 8.74. The van der Waals surface area contributed by atoms with Gasteiger partial charge in [0.2, 0.25) is 6.41 Å². The van der Waals surface area contributed by atoms with Gasteiger partial charge in [-0.3, -0.25) is 9.59 Å². The van der Waals surface area contributed by atoms with Crippen LogP contribution in [0.25, 0.3) is 0 Å². The van der Waals surface area contributed by atoms with Crippen LogP contribution in [0.15, 0.2) is 22.7 Å². The highest BCUT2D eigenvalue weighted by Crippen LogP contribution is 2.22. The van der Waals surface area contributed by atoms with E-state index in [1.165, 1.54) is 0 Å². The normalized spacial score (nSPS) is 11.9. The van der Waals surface area contributed by atoms with E-state index in [1.54, 1.807) is 6.07 Å². The standard InChI is InChI=1S/C11H12BrNO3/c1-7-2-8(4-9(12)3-7)10(13-6-14)5-11(15)16/h2-4,6,10H,5H2,1H3,(H,13,14)(H,15,16). The molecule has 16 heavy (non-hydrogen) atoms. The van der Waals surface area contributed by atoms with Crippen LogP contribution >= 0.6 is 15.9 Å². The maximum atomic E-state index is 10.7. The summed E-state index contributed by atoms with van der Waals surface area (Å²) in [6.07, 6.45) is 0.387. The van der Waals surface area contributed by atoms with Crippen molar-refractivity contribution in [2.45, 2.75) is 19.4 Å². The largest absolute Gasteiger partial charge is 0.481 e. The molecule has 1 amide bonds. The molecule has 1 aromatic rings. The molecule has 0 aromatic heterocycles. The molecule has 0 saturated carbocycles. The van der Waals surface area contributed by atoms with Gasteiger partial charge in [0.15, 0.2) is 0 Å². The number of rotatable bonds is 5. The minimum Gasteiger partial charge on any atom is -0.481 e. The van der Waals surface area contributed by atoms with Crippen molar-refractivity contribution in [3.8, 4) is 0 Å². The molecule has 0 aliphatic heterocycles. The minimum atomic E-state index is -0.947. The van der Waals surface area contributed by atoms with Crippen LogP contribution in [-0.4, -0.2) is 17.5 Å². The first-order valence-corrected chi connectivity index (χ1v) is 5.51. The summed E-state index contributed by atoms with van der Waals surface area (Å²) in [7, 11) is 0. The number of carbonyl (C=O) groups excluding carboxylic acids is 1. The minimum absolute atomic E-state index is 0.130. The summed E-state index contributed by atoms with van der Waals surface area (Å²) in [6, 6.07) is 5.08. The van der Waals surface area contributed by atoms with Gasteiger partial charge in [-0.2, -0.15) is 0 Å². The Hall–Kier alpha value is -1.36. The molecule has 1 atom stereocenters. The van der Waals surface area contributed by atoms with Crippen molar-refractivity contribution < 1.29 is 14.7 Å². The van der Waals surface area contributed by atoms with Crippen molar-refractivity contribution in [2.24, 2.45) is 0 Å². The first kappa shape index (κ1) is 12.7. The molecule has 4 nitrogen and oxygen atoms in total. The molecule has 0 heterocycles. The van der Waals surface area contributed by atoms with Crippen molar-refractivity contribution in [1.29, 1.82) is 0 Å². The summed E-state index contributed by atoms with van der Waals surface area (Å²) < 4.78 is 0.866. The van der Waals surface area contributed by atoms with Crippen LogP contribution < -0.4 is 5.32 Å². The number of aryl methyl sites for hydroxylation is 1. The van der Waals surface area contributed by atoms with E-state index in [4.69, 9.17) is 5.11 Å². The first-order chi connectivity index (χ1) is 7.52. The van der Waals surface area contributed by atoms with Crippen molar-refractivity contribution >= 4 is 28.3 Å². The van der Waals surface area contributed by atoms with Crippen molar-refractivity contribution in [3.63, 3.8) is 0 Å². The fourth-order valence-corrected chi connectivity index (χ4v) is 2.12. The number of carbonyl (C=O) groups is 2. The van der Waals surface area contributed by atoms with Crippen LogP contribution in [0.4, 0.5) is 0 Å². The average molecular weight is 286 g/mol. The fourth-order valence-electron chi connectivity index (χ4n) is 1.50. The van der Waals surface area contributed by atoms with Gasteiger partial charge in [-0.25, -0.2) is 0 Å². The molecule has 0 aliphatic rings. The Labute approximate surface area is 102 Å². The lowest BCUT2D eigenvalue weighted by Gasteiger charge is -2.15. The van der Waals surface area contributed by atoms with Gasteiger partial charge in [-0.1, -0.05) is 22.0 Å². The van der Waals surface area contributed by atoms with Crippen molar-refractivity contribution in [1.82, 2.24) is 5.32 Å². The summed E-state index contributed by atoms with van der Waals surface area (Å²) in [5.41, 5.74) is 1.79. The van der Waals surface area contributed by atoms with Gasteiger partial charge in [0.25, 0.3) is 0 Å². The van der Waals surface area contributed by atoms with Crippen molar-refractivity contribution in [2.75, 3.05) is 0 Å². The van der Waals surface area contributed by atoms with Gasteiger partial charge in [-0.05, 0) is 30.2 Å². The number of benzene rings is 1. The summed E-state index contributed by atoms with van der Waals surface area (Å²) >= 11 is 3.34. The zero-order chi connectivity index (χ0) is 12.1. The molecule has 1 rings (SSSR count). The monoisotopic (exact) mass is 285 g/mol. The Bertz CT molecular complexity index is 386. The second-order valence-electron chi connectivity index (χ2n) is 3.50. The third-order valence-corrected chi connectivity index (χ3v) is 2.57. The van der Waals surface area contributed by atoms with Crippen LogP contribution in [0, 0.1) is 6.92 Å². The highest BCUT2D eigenvalue weighted by molar-refractivity contribution is 9.10. The molecule has 2 N–H and O–H groups in total. The molecule has 0 bridgehead atoms. The van der Waals surface area contributed by atoms with Crippen LogP contribution in [0.1, 0.15) is 23.6 Å². The molecule has 0 fully saturated rings. The lowest BCUT2D eigenvalue weighted by Crippen LogP contribution is -2.22. The predicted molar refractivity (Wildman–Crippen MR) is 63.1 cm³/mol. The molecule has 0 aliphatic carbocycles. The summed E-state index contributed by atoms with van der Waals surface area (Å²) in [5, 5.41) is 11.2. The molecular weight excluding hydrogens is 274 g/mol. The number of hydrogen-bond acceptors (Lipinski definition) is 2. The number of amides is 1. The highest BCUT2D eigenvalue weighted by atomic mass is 79.9. The zero-order valence-corrected chi connectivity index (χ0v) is 10.3. The Morgan fingerprint density at radius 3 is 2.75 bits per heavy atom. The molecule has 86 valence electrons. The summed E-state index contributed by atoms with van der Waals surface area (Å²) in [5.74, 6) is -0.947. The number of nitrogens with one attached hydrogen (secondary N) is 1. The highest BCUT2D eigenvalue weighted by Gasteiger charge is 2.15. The van der Waals surface area contributed by atoms with E-state index in [0.717, 1.165) is 15.6 Å². The van der Waals surface area contributed by atoms with Crippen LogP contribution in [0.2, 0.25) is 0 Å². The molecule has 5 heteroatoms. The van der Waals surface area contributed by atoms with Crippen LogP contribution in [-0.2, 0) is 9.59 Å². The van der Waals surface area contributed by atoms with Crippen molar-refractivity contribution in [3.05, 3.63) is 33.8 Å². The first-order valence-electron chi connectivity index (χ1n) is 4.71. The predicted octanol–water partition coefficient (Wildman–Crippen LogP) is 2.02. The molecule has 0 spiro atoms. The topological polar surface area (TPSA) is 66.4 Å². The van der Waals surface area contributed by atoms with E-state index in [-0.39, 0.29) is 6.42 Å². The number of aliphatic carboxylic acids is 1. The maximum absolute atomic E-state index is 10.7. The Kier molecular flexibility index (Phi) is 4.49.